The molecule has 85 heavy (non-hydrogen) atoms. The lowest BCUT2D eigenvalue weighted by molar-refractivity contribution is -0.241. The highest BCUT2D eigenvalue weighted by molar-refractivity contribution is 5.79. The van der Waals surface area contributed by atoms with Crippen LogP contribution in [-0.2, 0) is 33.2 Å². The minimum atomic E-state index is -1.32. The van der Waals surface area contributed by atoms with Gasteiger partial charge in [-0.25, -0.2) is 0 Å². The number of methoxy groups -OCH3 is 1. The maximum atomic E-state index is 12.8. The molecule has 2 spiro atoms. The normalized spacial score (nSPS) is 31.3. The second kappa shape index (κ2) is 41.1. The molecule has 0 aliphatic carbocycles. The Morgan fingerprint density at radius 3 is 1.49 bits per heavy atom. The molecule has 0 amide bonds. The van der Waals surface area contributed by atoms with Crippen molar-refractivity contribution in [3.05, 3.63) is 24.8 Å². The van der Waals surface area contributed by atoms with E-state index in [2.05, 4.69) is 27.0 Å². The second-order valence-electron chi connectivity index (χ2n) is 27.6. The SMILES string of the molecule is C=CCCCCCCCCCCCCCCCCCCCCCC1CCC2(CC(O)C(CC(O)CC(C)CCCC3CCC4(CC(O)C(CC(O)CC5OC(CC(O)CC(=O)CC(O)CC(=C)CCCCCCC)C(O)C(OC)C5O)O4)O3)O2)O1. The van der Waals surface area contributed by atoms with Gasteiger partial charge in [-0.05, 0) is 70.1 Å². The summed E-state index contributed by atoms with van der Waals surface area (Å²) in [4.78, 5) is 12.8. The van der Waals surface area contributed by atoms with Crippen LogP contribution in [0.3, 0.4) is 0 Å². The summed E-state index contributed by atoms with van der Waals surface area (Å²) in [5, 5.41) is 88.4. The fourth-order valence-corrected chi connectivity index (χ4v) is 14.7. The van der Waals surface area contributed by atoms with Gasteiger partial charge in [-0.1, -0.05) is 186 Å². The number of allylic oxidation sites excluding steroid dienone is 1. The van der Waals surface area contributed by atoms with Gasteiger partial charge in [-0.2, -0.15) is 0 Å². The van der Waals surface area contributed by atoms with Crippen molar-refractivity contribution < 1.29 is 74.1 Å². The summed E-state index contributed by atoms with van der Waals surface area (Å²) >= 11 is 0. The van der Waals surface area contributed by atoms with E-state index >= 15 is 0 Å². The van der Waals surface area contributed by atoms with Gasteiger partial charge in [0, 0.05) is 71.3 Å². The summed E-state index contributed by atoms with van der Waals surface area (Å²) in [5.41, 5.74) is 0.902. The van der Waals surface area contributed by atoms with Gasteiger partial charge in [-0.15, -0.1) is 6.58 Å². The van der Waals surface area contributed by atoms with Crippen LogP contribution >= 0.6 is 0 Å². The number of hydrogen-bond donors (Lipinski definition) is 8. The Labute approximate surface area is 515 Å². The Morgan fingerprint density at radius 1 is 0.553 bits per heavy atom. The third-order valence-corrected chi connectivity index (χ3v) is 19.6. The standard InChI is InChI=1S/C70H126O15/c1-6-8-10-12-13-14-15-16-17-18-19-20-21-22-23-24-25-26-27-29-31-35-58-37-39-69(82-58)49-60(76)62(84-69)45-54(72)42-52(4)34-32-36-59-38-40-70(83-59)50-61(77)63(85-70)46-57(75)48-65-67(79)68(80-5)66(78)64(81-65)47-56(74)44-55(73)43-53(71)41-51(3)33-30-28-11-9-7-2/h6,52-54,56-68,71-72,74-79H,1,3,7-50H2,2,4-5H3. The summed E-state index contributed by atoms with van der Waals surface area (Å²) < 4.78 is 37.4. The molecule has 5 aliphatic heterocycles. The maximum absolute atomic E-state index is 12.8. The number of ketones is 1. The van der Waals surface area contributed by atoms with Crippen LogP contribution in [-0.4, -0.2) is 157 Å². The van der Waals surface area contributed by atoms with E-state index in [-0.39, 0.29) is 62.4 Å². The Hall–Kier alpha value is -1.41. The molecule has 15 heteroatoms. The smallest absolute Gasteiger partial charge is 0.171 e. The van der Waals surface area contributed by atoms with Crippen LogP contribution in [0.4, 0.5) is 0 Å². The van der Waals surface area contributed by atoms with E-state index in [9.17, 15) is 45.6 Å². The first kappa shape index (κ1) is 74.3. The predicted molar refractivity (Wildman–Crippen MR) is 335 cm³/mol. The third-order valence-electron chi connectivity index (χ3n) is 19.6. The first-order chi connectivity index (χ1) is 41.0. The second-order valence-corrected chi connectivity index (χ2v) is 27.6. The van der Waals surface area contributed by atoms with Crippen molar-refractivity contribution in [3.63, 3.8) is 0 Å². The van der Waals surface area contributed by atoms with E-state index in [0.717, 1.165) is 69.8 Å². The highest BCUT2D eigenvalue weighted by atomic mass is 16.7. The molecule has 0 aromatic heterocycles. The van der Waals surface area contributed by atoms with E-state index in [0.29, 0.717) is 32.1 Å². The predicted octanol–water partition coefficient (Wildman–Crippen LogP) is 12.8. The van der Waals surface area contributed by atoms with Crippen molar-refractivity contribution in [2.45, 2.75) is 399 Å². The molecule has 5 aliphatic rings. The quantitative estimate of drug-likeness (QED) is 0.0209. The molecule has 0 aromatic carbocycles. The number of aliphatic hydroxyl groups is 8. The fourth-order valence-electron chi connectivity index (χ4n) is 14.7. The lowest BCUT2D eigenvalue weighted by Gasteiger charge is -2.43. The molecule has 5 rings (SSSR count). The van der Waals surface area contributed by atoms with Gasteiger partial charge in [0.25, 0.3) is 0 Å². The van der Waals surface area contributed by atoms with Crippen molar-refractivity contribution >= 4 is 5.78 Å². The van der Waals surface area contributed by atoms with E-state index < -0.39 is 90.9 Å². The number of aliphatic hydroxyl groups excluding tert-OH is 8. The van der Waals surface area contributed by atoms with Crippen LogP contribution in [0, 0.1) is 5.92 Å². The molecule has 15 nitrogen and oxygen atoms in total. The molecule has 8 N–H and O–H groups in total. The molecule has 0 aromatic rings. The molecular formula is C70H126O15. The number of ether oxygens (including phenoxy) is 6. The van der Waals surface area contributed by atoms with Crippen molar-refractivity contribution in [1.82, 2.24) is 0 Å². The van der Waals surface area contributed by atoms with Crippen molar-refractivity contribution in [3.8, 4) is 0 Å². The van der Waals surface area contributed by atoms with Crippen LogP contribution in [0.15, 0.2) is 24.8 Å². The zero-order valence-electron chi connectivity index (χ0n) is 53.8. The lowest BCUT2D eigenvalue weighted by Crippen LogP contribution is -2.59. The number of unbranched alkanes of at least 4 members (excludes halogenated alkanes) is 23. The van der Waals surface area contributed by atoms with Gasteiger partial charge >= 0.3 is 0 Å². The Morgan fingerprint density at radius 2 is 0.988 bits per heavy atom. The molecule has 0 saturated carbocycles. The summed E-state index contributed by atoms with van der Waals surface area (Å²) in [7, 11) is 1.35. The molecule has 0 bridgehead atoms. The van der Waals surface area contributed by atoms with E-state index in [1.807, 2.05) is 6.08 Å². The van der Waals surface area contributed by atoms with Crippen molar-refractivity contribution in [1.29, 1.82) is 0 Å². The monoisotopic (exact) mass is 1210 g/mol. The van der Waals surface area contributed by atoms with Crippen molar-refractivity contribution in [2.75, 3.05) is 7.11 Å². The van der Waals surface area contributed by atoms with Gasteiger partial charge in [-0.3, -0.25) is 4.79 Å². The molecule has 18 unspecified atom stereocenters. The van der Waals surface area contributed by atoms with E-state index in [1.165, 1.54) is 155 Å². The number of carbonyl (C=O) groups is 1. The molecule has 5 heterocycles. The third kappa shape index (κ3) is 27.9. The fraction of sp³-hybridized carbons (Fsp3) is 0.929. The van der Waals surface area contributed by atoms with Gasteiger partial charge in [0.2, 0.25) is 0 Å². The molecule has 5 fully saturated rings. The number of carbonyl (C=O) groups excluding carboxylic acids is 1. The maximum Gasteiger partial charge on any atom is 0.171 e. The van der Waals surface area contributed by atoms with Gasteiger partial charge in [0.15, 0.2) is 11.6 Å². The van der Waals surface area contributed by atoms with Crippen LogP contribution in [0.25, 0.3) is 0 Å². The largest absolute Gasteiger partial charge is 0.393 e. The molecular weight excluding hydrogens is 1080 g/mol. The Balaban J connectivity index is 0.884. The molecule has 18 atom stereocenters. The Kier molecular flexibility index (Phi) is 36.0. The van der Waals surface area contributed by atoms with Crippen molar-refractivity contribution in [2.24, 2.45) is 5.92 Å². The Bertz CT molecular complexity index is 1790. The zero-order chi connectivity index (χ0) is 61.5. The average Bonchev–Trinajstić information content (AvgIpc) is 3.20. The topological polar surface area (TPSA) is 234 Å². The zero-order valence-corrected chi connectivity index (χ0v) is 53.8. The van der Waals surface area contributed by atoms with Crippen LogP contribution in [0.5, 0.6) is 0 Å². The van der Waals surface area contributed by atoms with Crippen LogP contribution in [0.2, 0.25) is 0 Å². The van der Waals surface area contributed by atoms with E-state index in [1.54, 1.807) is 0 Å². The minimum absolute atomic E-state index is 0.0508. The molecule has 5 saturated heterocycles. The van der Waals surface area contributed by atoms with Crippen LogP contribution in [0.1, 0.15) is 296 Å². The summed E-state index contributed by atoms with van der Waals surface area (Å²) in [6, 6.07) is 0. The minimum Gasteiger partial charge on any atom is -0.393 e. The molecule has 496 valence electrons. The highest BCUT2D eigenvalue weighted by Gasteiger charge is 2.53. The van der Waals surface area contributed by atoms with Gasteiger partial charge in [0.05, 0.1) is 73.2 Å². The summed E-state index contributed by atoms with van der Waals surface area (Å²) in [5.74, 6) is -1.75. The molecule has 0 radical (unpaired) electrons. The lowest BCUT2D eigenvalue weighted by atomic mass is 9.88. The van der Waals surface area contributed by atoms with Crippen LogP contribution < -0.4 is 0 Å². The number of Topliss-reactive ketones (excluding diaryl/α,β-unsaturated/α-hetero) is 1. The van der Waals surface area contributed by atoms with Gasteiger partial charge < -0.3 is 69.3 Å². The van der Waals surface area contributed by atoms with Gasteiger partial charge in [0.1, 0.15) is 24.1 Å². The number of rotatable bonds is 49. The first-order valence-corrected chi connectivity index (χ1v) is 35.1. The summed E-state index contributed by atoms with van der Waals surface area (Å²) in [6.07, 6.45) is 31.8. The number of hydrogen-bond acceptors (Lipinski definition) is 15. The average molecular weight is 1210 g/mol. The summed E-state index contributed by atoms with van der Waals surface area (Å²) in [6.45, 7) is 12.2. The van der Waals surface area contributed by atoms with E-state index in [4.69, 9.17) is 28.4 Å². The highest BCUT2D eigenvalue weighted by Crippen LogP contribution is 2.46. The first-order valence-electron chi connectivity index (χ1n) is 35.1.